The van der Waals surface area contributed by atoms with E-state index in [0.717, 1.165) is 30.9 Å². The standard InChI is InChI=1S/C17H23NO2/c1-3-18-17(11-10-15-9-6-12-20-15)14-7-5-8-16(13-14)19-4-2/h5-9,12-13,17-18H,3-4,10-11H2,1-2H3. The lowest BCUT2D eigenvalue weighted by Gasteiger charge is -2.18. The van der Waals surface area contributed by atoms with Gasteiger partial charge in [0.1, 0.15) is 11.5 Å². The molecule has 2 rings (SSSR count). The Kier molecular flexibility index (Phi) is 5.69. The maximum absolute atomic E-state index is 5.58. The zero-order valence-electron chi connectivity index (χ0n) is 12.3. The van der Waals surface area contributed by atoms with Crippen LogP contribution in [0.4, 0.5) is 0 Å². The van der Waals surface area contributed by atoms with Gasteiger partial charge in [-0.2, -0.15) is 0 Å². The third kappa shape index (κ3) is 4.14. The van der Waals surface area contributed by atoms with Gasteiger partial charge in [-0.15, -0.1) is 0 Å². The first-order valence-corrected chi connectivity index (χ1v) is 7.32. The van der Waals surface area contributed by atoms with Crippen molar-refractivity contribution in [2.24, 2.45) is 0 Å². The molecule has 0 bridgehead atoms. The van der Waals surface area contributed by atoms with Crippen molar-refractivity contribution >= 4 is 0 Å². The lowest BCUT2D eigenvalue weighted by molar-refractivity contribution is 0.339. The lowest BCUT2D eigenvalue weighted by Crippen LogP contribution is -2.21. The van der Waals surface area contributed by atoms with E-state index in [9.17, 15) is 0 Å². The van der Waals surface area contributed by atoms with Crippen molar-refractivity contribution in [1.29, 1.82) is 0 Å². The van der Waals surface area contributed by atoms with E-state index in [-0.39, 0.29) is 0 Å². The molecule has 1 unspecified atom stereocenters. The van der Waals surface area contributed by atoms with Crippen LogP contribution in [0.25, 0.3) is 0 Å². The van der Waals surface area contributed by atoms with Crippen LogP contribution in [0.5, 0.6) is 5.75 Å². The van der Waals surface area contributed by atoms with Gasteiger partial charge in [-0.05, 0) is 49.7 Å². The SMILES string of the molecule is CCNC(CCc1ccco1)c1cccc(OCC)c1. The molecule has 108 valence electrons. The Bertz CT molecular complexity index is 493. The molecule has 0 radical (unpaired) electrons. The van der Waals surface area contributed by atoms with E-state index in [1.165, 1.54) is 5.56 Å². The van der Waals surface area contributed by atoms with E-state index >= 15 is 0 Å². The number of aryl methyl sites for hydroxylation is 1. The van der Waals surface area contributed by atoms with Gasteiger partial charge in [-0.1, -0.05) is 19.1 Å². The second kappa shape index (κ2) is 7.75. The molecule has 20 heavy (non-hydrogen) atoms. The van der Waals surface area contributed by atoms with Crippen molar-refractivity contribution < 1.29 is 9.15 Å². The molecule has 3 heteroatoms. The Morgan fingerprint density at radius 3 is 2.80 bits per heavy atom. The highest BCUT2D eigenvalue weighted by molar-refractivity contribution is 5.30. The number of benzene rings is 1. The maximum Gasteiger partial charge on any atom is 0.119 e. The van der Waals surface area contributed by atoms with Gasteiger partial charge in [0, 0.05) is 12.5 Å². The summed E-state index contributed by atoms with van der Waals surface area (Å²) in [6, 6.07) is 12.6. The maximum atomic E-state index is 5.58. The minimum absolute atomic E-state index is 0.325. The second-order valence-electron chi connectivity index (χ2n) is 4.73. The van der Waals surface area contributed by atoms with Gasteiger partial charge in [0.05, 0.1) is 12.9 Å². The van der Waals surface area contributed by atoms with Crippen molar-refractivity contribution in [3.63, 3.8) is 0 Å². The molecule has 0 aliphatic carbocycles. The average molecular weight is 273 g/mol. The van der Waals surface area contributed by atoms with Crippen molar-refractivity contribution in [2.45, 2.75) is 32.7 Å². The Morgan fingerprint density at radius 2 is 2.10 bits per heavy atom. The molecule has 1 aromatic carbocycles. The van der Waals surface area contributed by atoms with E-state index in [0.29, 0.717) is 12.6 Å². The number of hydrogen-bond acceptors (Lipinski definition) is 3. The van der Waals surface area contributed by atoms with Crippen LogP contribution in [-0.2, 0) is 6.42 Å². The van der Waals surface area contributed by atoms with Gasteiger partial charge in [0.15, 0.2) is 0 Å². The number of rotatable bonds is 8. The second-order valence-corrected chi connectivity index (χ2v) is 4.73. The Labute approximate surface area is 121 Å². The first-order chi connectivity index (χ1) is 9.83. The molecule has 0 fully saturated rings. The zero-order valence-corrected chi connectivity index (χ0v) is 12.3. The van der Waals surface area contributed by atoms with Crippen LogP contribution in [0.15, 0.2) is 47.1 Å². The first-order valence-electron chi connectivity index (χ1n) is 7.32. The highest BCUT2D eigenvalue weighted by atomic mass is 16.5. The van der Waals surface area contributed by atoms with Gasteiger partial charge < -0.3 is 14.5 Å². The summed E-state index contributed by atoms with van der Waals surface area (Å²) in [6.45, 7) is 5.78. The van der Waals surface area contributed by atoms with Crippen LogP contribution < -0.4 is 10.1 Å². The zero-order chi connectivity index (χ0) is 14.2. The summed E-state index contributed by atoms with van der Waals surface area (Å²) in [4.78, 5) is 0. The summed E-state index contributed by atoms with van der Waals surface area (Å²) < 4.78 is 11.0. The Balaban J connectivity index is 2.04. The molecule has 1 N–H and O–H groups in total. The fourth-order valence-electron chi connectivity index (χ4n) is 2.36. The van der Waals surface area contributed by atoms with Gasteiger partial charge in [0.25, 0.3) is 0 Å². The predicted octanol–water partition coefficient (Wildman–Crippen LogP) is 3.96. The van der Waals surface area contributed by atoms with Crippen LogP contribution >= 0.6 is 0 Å². The molecular formula is C17H23NO2. The third-order valence-electron chi connectivity index (χ3n) is 3.28. The van der Waals surface area contributed by atoms with Crippen LogP contribution in [0.3, 0.4) is 0 Å². The van der Waals surface area contributed by atoms with Crippen LogP contribution in [0.2, 0.25) is 0 Å². The van der Waals surface area contributed by atoms with E-state index in [4.69, 9.17) is 9.15 Å². The average Bonchev–Trinajstić information content (AvgIpc) is 2.97. The largest absolute Gasteiger partial charge is 0.494 e. The summed E-state index contributed by atoms with van der Waals surface area (Å²) in [5, 5.41) is 3.53. The quantitative estimate of drug-likeness (QED) is 0.790. The number of hydrogen-bond donors (Lipinski definition) is 1. The predicted molar refractivity (Wildman–Crippen MR) is 81.1 cm³/mol. The van der Waals surface area contributed by atoms with Crippen molar-refractivity contribution in [3.05, 3.63) is 54.0 Å². The van der Waals surface area contributed by atoms with Crippen LogP contribution in [0, 0.1) is 0 Å². The molecule has 2 aromatic rings. The molecule has 0 amide bonds. The summed E-state index contributed by atoms with van der Waals surface area (Å²) >= 11 is 0. The Hall–Kier alpha value is -1.74. The monoisotopic (exact) mass is 273 g/mol. The van der Waals surface area contributed by atoms with E-state index in [1.54, 1.807) is 6.26 Å². The highest BCUT2D eigenvalue weighted by Crippen LogP contribution is 2.23. The molecule has 0 aliphatic rings. The topological polar surface area (TPSA) is 34.4 Å². The van der Waals surface area contributed by atoms with Crippen molar-refractivity contribution in [3.8, 4) is 5.75 Å². The molecule has 0 aliphatic heterocycles. The molecule has 3 nitrogen and oxygen atoms in total. The van der Waals surface area contributed by atoms with Crippen LogP contribution in [-0.4, -0.2) is 13.2 Å². The highest BCUT2D eigenvalue weighted by Gasteiger charge is 2.12. The molecule has 1 heterocycles. The van der Waals surface area contributed by atoms with Crippen molar-refractivity contribution in [1.82, 2.24) is 5.32 Å². The molecule has 1 aromatic heterocycles. The summed E-state index contributed by atoms with van der Waals surface area (Å²) in [5.74, 6) is 1.97. The van der Waals surface area contributed by atoms with E-state index in [1.807, 2.05) is 25.1 Å². The molecule has 0 saturated carbocycles. The minimum atomic E-state index is 0.325. The molecule has 0 spiro atoms. The fraction of sp³-hybridized carbons (Fsp3) is 0.412. The number of nitrogens with one attached hydrogen (secondary N) is 1. The molecule has 1 atom stereocenters. The van der Waals surface area contributed by atoms with Gasteiger partial charge in [-0.25, -0.2) is 0 Å². The number of ether oxygens (including phenoxy) is 1. The minimum Gasteiger partial charge on any atom is -0.494 e. The fourth-order valence-corrected chi connectivity index (χ4v) is 2.36. The normalized spacial score (nSPS) is 12.3. The first kappa shape index (κ1) is 14.7. The van der Waals surface area contributed by atoms with Crippen LogP contribution in [0.1, 0.15) is 37.6 Å². The van der Waals surface area contributed by atoms with E-state index in [2.05, 4.69) is 30.4 Å². The molecular weight excluding hydrogens is 250 g/mol. The third-order valence-corrected chi connectivity index (χ3v) is 3.28. The Morgan fingerprint density at radius 1 is 1.20 bits per heavy atom. The number of furan rings is 1. The smallest absolute Gasteiger partial charge is 0.119 e. The van der Waals surface area contributed by atoms with Gasteiger partial charge in [-0.3, -0.25) is 0 Å². The van der Waals surface area contributed by atoms with Gasteiger partial charge >= 0.3 is 0 Å². The molecule has 0 saturated heterocycles. The van der Waals surface area contributed by atoms with Crippen molar-refractivity contribution in [2.75, 3.05) is 13.2 Å². The van der Waals surface area contributed by atoms with E-state index < -0.39 is 0 Å². The summed E-state index contributed by atoms with van der Waals surface area (Å²) in [5.41, 5.74) is 1.27. The summed E-state index contributed by atoms with van der Waals surface area (Å²) in [6.07, 6.45) is 3.67. The lowest BCUT2D eigenvalue weighted by atomic mass is 10.0. The summed E-state index contributed by atoms with van der Waals surface area (Å²) in [7, 11) is 0. The van der Waals surface area contributed by atoms with Gasteiger partial charge in [0.2, 0.25) is 0 Å².